The van der Waals surface area contributed by atoms with Crippen molar-refractivity contribution in [2.24, 2.45) is 0 Å². The van der Waals surface area contributed by atoms with Gasteiger partial charge in [-0.3, -0.25) is 0 Å². The van der Waals surface area contributed by atoms with Gasteiger partial charge in [0.15, 0.2) is 0 Å². The number of halogens is 1. The monoisotopic (exact) mass is 285 g/mol. The maximum atomic E-state index is 13.7. The Morgan fingerprint density at radius 2 is 2.00 bits per heavy atom. The van der Waals surface area contributed by atoms with Gasteiger partial charge in [-0.15, -0.1) is 0 Å². The van der Waals surface area contributed by atoms with Crippen molar-refractivity contribution in [1.29, 1.82) is 5.26 Å². The second-order valence-electron chi connectivity index (χ2n) is 4.82. The maximum absolute atomic E-state index is 13.7. The van der Waals surface area contributed by atoms with Gasteiger partial charge in [-0.05, 0) is 30.3 Å². The molecule has 2 aromatic rings. The summed E-state index contributed by atoms with van der Waals surface area (Å²) >= 11 is 0. The van der Waals surface area contributed by atoms with Gasteiger partial charge in [0.2, 0.25) is 0 Å². The van der Waals surface area contributed by atoms with Crippen LogP contribution in [-0.2, 0) is 6.61 Å². The lowest BCUT2D eigenvalue weighted by atomic mass is 10.1. The van der Waals surface area contributed by atoms with E-state index in [1.165, 1.54) is 18.2 Å². The van der Waals surface area contributed by atoms with Crippen LogP contribution in [0.25, 0.3) is 0 Å². The quantitative estimate of drug-likeness (QED) is 0.877. The topological polar surface area (TPSA) is 62.3 Å². The van der Waals surface area contributed by atoms with Crippen molar-refractivity contribution in [3.63, 3.8) is 0 Å². The molecule has 5 heteroatoms. The van der Waals surface area contributed by atoms with Crippen molar-refractivity contribution < 1.29 is 9.13 Å². The average molecular weight is 285 g/mol. The van der Waals surface area contributed by atoms with Crippen LogP contribution in [0.4, 0.5) is 15.8 Å². The van der Waals surface area contributed by atoms with Gasteiger partial charge in [-0.2, -0.15) is 5.26 Å². The predicted molar refractivity (Wildman–Crippen MR) is 80.6 cm³/mol. The highest BCUT2D eigenvalue weighted by Gasteiger charge is 2.08. The van der Waals surface area contributed by atoms with Gasteiger partial charge in [-0.25, -0.2) is 4.39 Å². The van der Waals surface area contributed by atoms with Gasteiger partial charge < -0.3 is 15.4 Å². The number of rotatable bonds is 4. The molecule has 0 radical (unpaired) electrons. The van der Waals surface area contributed by atoms with E-state index in [1.54, 1.807) is 12.1 Å². The van der Waals surface area contributed by atoms with Crippen molar-refractivity contribution in [1.82, 2.24) is 0 Å². The molecule has 0 aromatic heterocycles. The highest BCUT2D eigenvalue weighted by Crippen LogP contribution is 2.27. The van der Waals surface area contributed by atoms with Crippen LogP contribution in [0.5, 0.6) is 5.75 Å². The molecule has 2 N–H and O–H groups in total. The molecule has 0 unspecified atom stereocenters. The molecule has 0 amide bonds. The molecule has 2 aromatic carbocycles. The summed E-state index contributed by atoms with van der Waals surface area (Å²) in [6, 6.07) is 11.5. The van der Waals surface area contributed by atoms with Crippen LogP contribution in [0.15, 0.2) is 36.4 Å². The standard InChI is InChI=1S/C16H16FN3O/c1-20(2)13-4-6-15(19)16(8-13)21-10-12-7-11(9-18)3-5-14(12)17/h3-8H,10,19H2,1-2H3. The van der Waals surface area contributed by atoms with Gasteiger partial charge >= 0.3 is 0 Å². The maximum Gasteiger partial charge on any atom is 0.144 e. The molecule has 0 aliphatic carbocycles. The number of nitrogens with two attached hydrogens (primary N) is 1. The largest absolute Gasteiger partial charge is 0.487 e. The van der Waals surface area contributed by atoms with E-state index in [9.17, 15) is 4.39 Å². The fourth-order valence-corrected chi connectivity index (χ4v) is 1.84. The van der Waals surface area contributed by atoms with Crippen LogP contribution in [0.2, 0.25) is 0 Å². The first-order chi connectivity index (χ1) is 10.0. The number of hydrogen-bond acceptors (Lipinski definition) is 4. The van der Waals surface area contributed by atoms with Crippen LogP contribution in [-0.4, -0.2) is 14.1 Å². The number of anilines is 2. The Bertz CT molecular complexity index is 692. The zero-order valence-electron chi connectivity index (χ0n) is 11.9. The van der Waals surface area contributed by atoms with Gasteiger partial charge in [0, 0.05) is 31.4 Å². The molecule has 0 bridgehead atoms. The Balaban J connectivity index is 2.20. The first kappa shape index (κ1) is 14.7. The number of benzene rings is 2. The van der Waals surface area contributed by atoms with Crippen molar-refractivity contribution in [3.8, 4) is 11.8 Å². The normalized spacial score (nSPS) is 10.0. The summed E-state index contributed by atoms with van der Waals surface area (Å²) in [6.07, 6.45) is 0. The van der Waals surface area contributed by atoms with Crippen LogP contribution in [0.3, 0.4) is 0 Å². The van der Waals surface area contributed by atoms with E-state index in [4.69, 9.17) is 15.7 Å². The molecule has 21 heavy (non-hydrogen) atoms. The average Bonchev–Trinajstić information content (AvgIpc) is 2.47. The second kappa shape index (κ2) is 6.14. The van der Waals surface area contributed by atoms with Crippen molar-refractivity contribution in [2.45, 2.75) is 6.61 Å². The Kier molecular flexibility index (Phi) is 4.29. The van der Waals surface area contributed by atoms with E-state index >= 15 is 0 Å². The van der Waals surface area contributed by atoms with E-state index in [2.05, 4.69) is 0 Å². The Labute approximate surface area is 123 Å². The van der Waals surface area contributed by atoms with Crippen molar-refractivity contribution in [2.75, 3.05) is 24.7 Å². The van der Waals surface area contributed by atoms with E-state index in [0.29, 0.717) is 22.6 Å². The summed E-state index contributed by atoms with van der Waals surface area (Å²) in [6.45, 7) is 0.0163. The third-order valence-corrected chi connectivity index (χ3v) is 3.07. The van der Waals surface area contributed by atoms with Crippen LogP contribution in [0, 0.1) is 17.1 Å². The molecule has 0 fully saturated rings. The van der Waals surface area contributed by atoms with Crippen LogP contribution in [0.1, 0.15) is 11.1 Å². The Hall–Kier alpha value is -2.74. The minimum atomic E-state index is -0.406. The third-order valence-electron chi connectivity index (χ3n) is 3.07. The molecular formula is C16H16FN3O. The minimum absolute atomic E-state index is 0.0163. The van der Waals surface area contributed by atoms with E-state index in [0.717, 1.165) is 5.69 Å². The summed E-state index contributed by atoms with van der Waals surface area (Å²) < 4.78 is 19.3. The summed E-state index contributed by atoms with van der Waals surface area (Å²) in [4.78, 5) is 1.92. The first-order valence-corrected chi connectivity index (χ1v) is 6.39. The van der Waals surface area contributed by atoms with E-state index in [-0.39, 0.29) is 6.61 Å². The molecule has 0 aliphatic rings. The fraction of sp³-hybridized carbons (Fsp3) is 0.188. The van der Waals surface area contributed by atoms with Gasteiger partial charge in [0.25, 0.3) is 0 Å². The van der Waals surface area contributed by atoms with Crippen molar-refractivity contribution in [3.05, 3.63) is 53.3 Å². The second-order valence-corrected chi connectivity index (χ2v) is 4.82. The molecule has 0 heterocycles. The molecule has 108 valence electrons. The van der Waals surface area contributed by atoms with Gasteiger partial charge in [0.05, 0.1) is 17.3 Å². The molecule has 2 rings (SSSR count). The zero-order valence-corrected chi connectivity index (χ0v) is 11.9. The van der Waals surface area contributed by atoms with Crippen LogP contribution < -0.4 is 15.4 Å². The van der Waals surface area contributed by atoms with E-state index in [1.807, 2.05) is 31.1 Å². The predicted octanol–water partition coefficient (Wildman–Crippen LogP) is 2.92. The number of nitrogens with zero attached hydrogens (tertiary/aromatic N) is 2. The van der Waals surface area contributed by atoms with E-state index < -0.39 is 5.82 Å². The molecule has 0 atom stereocenters. The summed E-state index contributed by atoms with van der Waals surface area (Å²) in [5, 5.41) is 8.84. The molecule has 0 aliphatic heterocycles. The molecule has 0 spiro atoms. The van der Waals surface area contributed by atoms with Crippen LogP contribution >= 0.6 is 0 Å². The molecular weight excluding hydrogens is 269 g/mol. The van der Waals surface area contributed by atoms with Gasteiger partial charge in [-0.1, -0.05) is 0 Å². The fourth-order valence-electron chi connectivity index (χ4n) is 1.84. The highest BCUT2D eigenvalue weighted by molar-refractivity contribution is 5.61. The SMILES string of the molecule is CN(C)c1ccc(N)c(OCc2cc(C#N)ccc2F)c1. The molecule has 0 saturated carbocycles. The number of nitrogen functional groups attached to an aromatic ring is 1. The highest BCUT2D eigenvalue weighted by atomic mass is 19.1. The summed E-state index contributed by atoms with van der Waals surface area (Å²) in [5.74, 6) is 0.0827. The number of nitriles is 1. The minimum Gasteiger partial charge on any atom is -0.487 e. The Morgan fingerprint density at radius 3 is 2.67 bits per heavy atom. The smallest absolute Gasteiger partial charge is 0.144 e. The first-order valence-electron chi connectivity index (χ1n) is 6.39. The zero-order chi connectivity index (χ0) is 15.4. The summed E-state index contributed by atoms with van der Waals surface area (Å²) in [7, 11) is 3.82. The third kappa shape index (κ3) is 3.42. The Morgan fingerprint density at radius 1 is 1.24 bits per heavy atom. The molecule has 0 saturated heterocycles. The number of hydrogen-bond donors (Lipinski definition) is 1. The number of ether oxygens (including phenoxy) is 1. The summed E-state index contributed by atoms with van der Waals surface area (Å²) in [5.41, 5.74) is 7.99. The molecule has 4 nitrogen and oxygen atoms in total. The lowest BCUT2D eigenvalue weighted by Crippen LogP contribution is -2.09. The van der Waals surface area contributed by atoms with Crippen molar-refractivity contribution >= 4 is 11.4 Å². The lowest BCUT2D eigenvalue weighted by Gasteiger charge is -2.16. The van der Waals surface area contributed by atoms with Gasteiger partial charge in [0.1, 0.15) is 18.2 Å². The lowest BCUT2D eigenvalue weighted by molar-refractivity contribution is 0.301.